The van der Waals surface area contributed by atoms with Crippen LogP contribution in [0.15, 0.2) is 0 Å². The fraction of sp³-hybridized carbons (Fsp3) is 0.970. The zero-order valence-corrected chi connectivity index (χ0v) is 30.5. The first kappa shape index (κ1) is 47.9. The Morgan fingerprint density at radius 1 is 0.347 bits per heavy atom. The molecule has 16 nitrogen and oxygen atoms in total. The van der Waals surface area contributed by atoms with Gasteiger partial charge in [-0.15, -0.1) is 0 Å². The van der Waals surface area contributed by atoms with Crippen LogP contribution in [0.2, 0.25) is 0 Å². The summed E-state index contributed by atoms with van der Waals surface area (Å²) in [5.74, 6) is -0.266. The Balaban J connectivity index is 3.09. The van der Waals surface area contributed by atoms with Gasteiger partial charge in [-0.25, -0.2) is 0 Å². The van der Waals surface area contributed by atoms with Gasteiger partial charge in [0.05, 0.1) is 178 Å². The Labute approximate surface area is 294 Å². The normalized spacial score (nSPS) is 11.8. The number of esters is 1. The summed E-state index contributed by atoms with van der Waals surface area (Å²) >= 11 is 0. The third-order valence-corrected chi connectivity index (χ3v) is 5.60. The minimum Gasteiger partial charge on any atom is -0.460 e. The molecule has 0 fully saturated rings. The number of carbonyl (C=O) groups excluding carboxylic acids is 1. The first-order chi connectivity index (χ1) is 24.0. The highest BCUT2D eigenvalue weighted by Gasteiger charge is 2.15. The van der Waals surface area contributed by atoms with Crippen molar-refractivity contribution in [2.45, 2.75) is 32.8 Å². The third-order valence-electron chi connectivity index (χ3n) is 5.60. The minimum absolute atomic E-state index is 0.230. The van der Waals surface area contributed by atoms with Gasteiger partial charge in [0.2, 0.25) is 0 Å². The molecule has 16 heteroatoms. The van der Waals surface area contributed by atoms with Crippen molar-refractivity contribution in [2.75, 3.05) is 178 Å². The average Bonchev–Trinajstić information content (AvgIpc) is 3.06. The Morgan fingerprint density at radius 2 is 0.531 bits per heavy atom. The molecule has 0 aliphatic carbocycles. The molecular weight excluding hydrogens is 650 g/mol. The average molecular weight is 718 g/mol. The molecule has 0 heterocycles. The molecular formula is C33H67NO15. The number of rotatable bonds is 41. The largest absolute Gasteiger partial charge is 0.460 e. The number of nitrogens with two attached hydrogens (primary N) is 1. The zero-order valence-electron chi connectivity index (χ0n) is 30.5. The molecule has 0 aliphatic rings. The highest BCUT2D eigenvalue weighted by molar-refractivity contribution is 5.69. The van der Waals surface area contributed by atoms with Crippen LogP contribution >= 0.6 is 0 Å². The van der Waals surface area contributed by atoms with Crippen molar-refractivity contribution in [1.29, 1.82) is 0 Å². The van der Waals surface area contributed by atoms with E-state index in [4.69, 9.17) is 72.0 Å². The van der Waals surface area contributed by atoms with Gasteiger partial charge < -0.3 is 72.0 Å². The lowest BCUT2D eigenvalue weighted by Crippen LogP contribution is -2.24. The van der Waals surface area contributed by atoms with Crippen molar-refractivity contribution in [3.63, 3.8) is 0 Å². The van der Waals surface area contributed by atoms with Crippen LogP contribution in [-0.2, 0) is 71.1 Å². The molecule has 0 bridgehead atoms. The summed E-state index contributed by atoms with van der Waals surface area (Å²) in [4.78, 5) is 11.6. The number of hydrogen-bond acceptors (Lipinski definition) is 16. The molecule has 0 saturated carbocycles. The molecule has 0 spiro atoms. The maximum atomic E-state index is 11.6. The maximum Gasteiger partial charge on any atom is 0.308 e. The van der Waals surface area contributed by atoms with E-state index in [-0.39, 0.29) is 12.4 Å². The summed E-state index contributed by atoms with van der Waals surface area (Å²) in [6, 6.07) is 0. The van der Waals surface area contributed by atoms with Crippen LogP contribution in [0.4, 0.5) is 0 Å². The van der Waals surface area contributed by atoms with Crippen LogP contribution in [0.1, 0.15) is 27.2 Å². The van der Waals surface area contributed by atoms with E-state index in [0.717, 1.165) is 0 Å². The van der Waals surface area contributed by atoms with Crippen molar-refractivity contribution in [3.8, 4) is 0 Å². The molecule has 294 valence electrons. The number of ether oxygens (including phenoxy) is 14. The summed E-state index contributed by atoms with van der Waals surface area (Å²) in [5, 5.41) is 0. The summed E-state index contributed by atoms with van der Waals surface area (Å²) in [7, 11) is 0. The van der Waals surface area contributed by atoms with Gasteiger partial charge in [-0.3, -0.25) is 4.79 Å². The molecule has 0 unspecified atom stereocenters. The van der Waals surface area contributed by atoms with Crippen LogP contribution in [0.3, 0.4) is 0 Å². The van der Waals surface area contributed by atoms with Crippen LogP contribution in [0.25, 0.3) is 0 Å². The van der Waals surface area contributed by atoms with Gasteiger partial charge in [-0.05, 0) is 20.8 Å². The molecule has 49 heavy (non-hydrogen) atoms. The van der Waals surface area contributed by atoms with E-state index in [1.165, 1.54) is 0 Å². The molecule has 0 atom stereocenters. The van der Waals surface area contributed by atoms with E-state index in [1.807, 2.05) is 20.8 Å². The van der Waals surface area contributed by atoms with Gasteiger partial charge in [0.1, 0.15) is 5.60 Å². The third kappa shape index (κ3) is 44.9. The minimum atomic E-state index is -0.475. The molecule has 2 N–H and O–H groups in total. The van der Waals surface area contributed by atoms with E-state index < -0.39 is 5.60 Å². The standard InChI is InChI=1S/C33H67NO15/c1-33(2,3)49-32(35)4-6-36-8-10-38-12-14-40-16-18-42-20-22-44-24-26-46-28-30-48-31-29-47-27-25-45-23-21-43-19-17-41-15-13-39-11-9-37-7-5-34/h4-31,34H2,1-3H3. The number of carbonyl (C=O) groups is 1. The van der Waals surface area contributed by atoms with Crippen LogP contribution in [0.5, 0.6) is 0 Å². The van der Waals surface area contributed by atoms with Gasteiger partial charge >= 0.3 is 5.97 Å². The fourth-order valence-electron chi connectivity index (χ4n) is 3.37. The lowest BCUT2D eigenvalue weighted by molar-refractivity contribution is -0.156. The number of hydrogen-bond donors (Lipinski definition) is 1. The predicted molar refractivity (Wildman–Crippen MR) is 180 cm³/mol. The van der Waals surface area contributed by atoms with Crippen molar-refractivity contribution >= 4 is 5.97 Å². The van der Waals surface area contributed by atoms with Crippen LogP contribution in [0, 0.1) is 0 Å². The molecule has 0 radical (unpaired) electrons. The van der Waals surface area contributed by atoms with Gasteiger partial charge in [0, 0.05) is 6.54 Å². The second-order valence-corrected chi connectivity index (χ2v) is 11.1. The first-order valence-corrected chi connectivity index (χ1v) is 17.4. The van der Waals surface area contributed by atoms with Gasteiger partial charge in [0.25, 0.3) is 0 Å². The van der Waals surface area contributed by atoms with Crippen LogP contribution in [-0.4, -0.2) is 190 Å². The van der Waals surface area contributed by atoms with Crippen molar-refractivity contribution in [2.24, 2.45) is 5.73 Å². The lowest BCUT2D eigenvalue weighted by atomic mass is 10.2. The summed E-state index contributed by atoms with van der Waals surface area (Å²) < 4.78 is 75.7. The van der Waals surface area contributed by atoms with Gasteiger partial charge in [-0.2, -0.15) is 0 Å². The Bertz CT molecular complexity index is 658. The summed E-state index contributed by atoms with van der Waals surface area (Å²) in [5.41, 5.74) is 4.85. The van der Waals surface area contributed by atoms with E-state index in [9.17, 15) is 4.79 Å². The van der Waals surface area contributed by atoms with E-state index >= 15 is 0 Å². The van der Waals surface area contributed by atoms with Gasteiger partial charge in [-0.1, -0.05) is 0 Å². The Kier molecular flexibility index (Phi) is 38.8. The SMILES string of the molecule is CC(C)(C)OC(=O)CCOCCOCCOCCOCCOCCOCCOCCOCCOCCOCCOCCOCCOCCN. The predicted octanol–water partition coefficient (Wildman–Crippen LogP) is 0.893. The topological polar surface area (TPSA) is 172 Å². The molecule has 0 aromatic heterocycles. The highest BCUT2D eigenvalue weighted by Crippen LogP contribution is 2.08. The van der Waals surface area contributed by atoms with Crippen molar-refractivity contribution in [1.82, 2.24) is 0 Å². The van der Waals surface area contributed by atoms with E-state index in [0.29, 0.717) is 178 Å². The summed E-state index contributed by atoms with van der Waals surface area (Å²) in [6.45, 7) is 18.8. The smallest absolute Gasteiger partial charge is 0.308 e. The second kappa shape index (κ2) is 39.7. The maximum absolute atomic E-state index is 11.6. The fourth-order valence-corrected chi connectivity index (χ4v) is 3.37. The Morgan fingerprint density at radius 3 is 0.714 bits per heavy atom. The molecule has 0 amide bonds. The monoisotopic (exact) mass is 717 g/mol. The Hall–Kier alpha value is -1.09. The van der Waals surface area contributed by atoms with E-state index in [2.05, 4.69) is 0 Å². The lowest BCUT2D eigenvalue weighted by Gasteiger charge is -2.19. The highest BCUT2D eigenvalue weighted by atomic mass is 16.6. The van der Waals surface area contributed by atoms with Crippen LogP contribution < -0.4 is 5.73 Å². The zero-order chi connectivity index (χ0) is 35.8. The molecule has 0 saturated heterocycles. The van der Waals surface area contributed by atoms with E-state index in [1.54, 1.807) is 0 Å². The van der Waals surface area contributed by atoms with Crippen molar-refractivity contribution < 1.29 is 71.1 Å². The van der Waals surface area contributed by atoms with Crippen molar-refractivity contribution in [3.05, 3.63) is 0 Å². The van der Waals surface area contributed by atoms with Gasteiger partial charge in [0.15, 0.2) is 0 Å². The molecule has 0 rings (SSSR count). The quantitative estimate of drug-likeness (QED) is 0.0698. The summed E-state index contributed by atoms with van der Waals surface area (Å²) in [6.07, 6.45) is 0.230. The molecule has 0 aromatic carbocycles. The second-order valence-electron chi connectivity index (χ2n) is 11.1. The first-order valence-electron chi connectivity index (χ1n) is 17.4. The molecule has 0 aliphatic heterocycles. The molecule has 0 aromatic rings.